The van der Waals surface area contributed by atoms with Crippen LogP contribution in [0.25, 0.3) is 0 Å². The summed E-state index contributed by atoms with van der Waals surface area (Å²) in [4.78, 5) is 41.2. The van der Waals surface area contributed by atoms with Crippen LogP contribution < -0.4 is 10.2 Å². The van der Waals surface area contributed by atoms with E-state index in [1.165, 1.54) is 16.0 Å². The van der Waals surface area contributed by atoms with Crippen molar-refractivity contribution in [2.75, 3.05) is 30.4 Å². The van der Waals surface area contributed by atoms with E-state index < -0.39 is 5.92 Å². The number of hydrogen-bond donors (Lipinski definition) is 1. The summed E-state index contributed by atoms with van der Waals surface area (Å²) in [5.74, 6) is -0.884. The van der Waals surface area contributed by atoms with Gasteiger partial charge >= 0.3 is 0 Å². The summed E-state index contributed by atoms with van der Waals surface area (Å²) in [6.07, 6.45) is 3.48. The minimum atomic E-state index is -0.432. The Balaban J connectivity index is 1.38. The first kappa shape index (κ1) is 21.1. The minimum absolute atomic E-state index is 0.0373. The Morgan fingerprint density at radius 1 is 1.10 bits per heavy atom. The number of likely N-dealkylation sites (N-methyl/N-ethyl adjacent to an activating group) is 1. The molecule has 2 aliphatic rings. The monoisotopic (exact) mass is 419 g/mol. The molecule has 0 saturated carbocycles. The van der Waals surface area contributed by atoms with Gasteiger partial charge in [-0.15, -0.1) is 0 Å². The van der Waals surface area contributed by atoms with Gasteiger partial charge in [0.2, 0.25) is 17.7 Å². The van der Waals surface area contributed by atoms with Crippen LogP contribution in [0.2, 0.25) is 0 Å². The lowest BCUT2D eigenvalue weighted by atomic mass is 10.1. The lowest BCUT2D eigenvalue weighted by Crippen LogP contribution is -2.39. The largest absolute Gasteiger partial charge is 0.336 e. The average molecular weight is 420 g/mol. The van der Waals surface area contributed by atoms with Crippen LogP contribution in [-0.2, 0) is 27.2 Å². The maximum atomic E-state index is 12.9. The van der Waals surface area contributed by atoms with Crippen LogP contribution >= 0.6 is 0 Å². The molecule has 0 aromatic heterocycles. The second-order valence-corrected chi connectivity index (χ2v) is 8.72. The topological polar surface area (TPSA) is 69.7 Å². The number of para-hydroxylation sites is 1. The fourth-order valence-electron chi connectivity index (χ4n) is 4.64. The highest BCUT2D eigenvalue weighted by atomic mass is 16.2. The summed E-state index contributed by atoms with van der Waals surface area (Å²) < 4.78 is 0. The Labute approximate surface area is 183 Å². The lowest BCUT2D eigenvalue weighted by molar-refractivity contribution is -0.137. The van der Waals surface area contributed by atoms with E-state index in [1.54, 1.807) is 11.9 Å². The van der Waals surface area contributed by atoms with Gasteiger partial charge < -0.3 is 15.1 Å². The van der Waals surface area contributed by atoms with Crippen LogP contribution in [-0.4, -0.2) is 42.8 Å². The highest BCUT2D eigenvalue weighted by Gasteiger charge is 2.37. The Bertz CT molecular complexity index is 1030. The fraction of sp³-hybridized carbons (Fsp3) is 0.400. The van der Waals surface area contributed by atoms with Gasteiger partial charge in [0, 0.05) is 31.4 Å². The third-order valence-electron chi connectivity index (χ3n) is 6.37. The Morgan fingerprint density at radius 3 is 2.55 bits per heavy atom. The van der Waals surface area contributed by atoms with Crippen molar-refractivity contribution in [1.29, 1.82) is 0 Å². The Hall–Kier alpha value is -3.15. The van der Waals surface area contributed by atoms with Gasteiger partial charge in [0.15, 0.2) is 0 Å². The molecule has 0 radical (unpaired) electrons. The fourth-order valence-corrected chi connectivity index (χ4v) is 4.64. The highest BCUT2D eigenvalue weighted by Crippen LogP contribution is 2.31. The number of hydrogen-bond acceptors (Lipinski definition) is 3. The molecule has 0 spiro atoms. The summed E-state index contributed by atoms with van der Waals surface area (Å²) in [5, 5.41) is 2.91. The van der Waals surface area contributed by atoms with Crippen molar-refractivity contribution < 1.29 is 14.4 Å². The predicted molar refractivity (Wildman–Crippen MR) is 121 cm³/mol. The second-order valence-electron chi connectivity index (χ2n) is 8.72. The first-order chi connectivity index (χ1) is 14.8. The third-order valence-corrected chi connectivity index (χ3v) is 6.37. The number of anilines is 2. The van der Waals surface area contributed by atoms with Crippen molar-refractivity contribution in [3.8, 4) is 0 Å². The first-order valence-corrected chi connectivity index (χ1v) is 10.9. The number of fused-ring (bicyclic) bond motifs is 1. The normalized spacial score (nSPS) is 17.6. The van der Waals surface area contributed by atoms with E-state index in [4.69, 9.17) is 0 Å². The quantitative estimate of drug-likeness (QED) is 0.809. The van der Waals surface area contributed by atoms with E-state index >= 15 is 0 Å². The summed E-state index contributed by atoms with van der Waals surface area (Å²) in [6.45, 7) is 4.19. The predicted octanol–water partition coefficient (Wildman–Crippen LogP) is 3.24. The van der Waals surface area contributed by atoms with E-state index in [0.717, 1.165) is 41.8 Å². The number of nitrogens with one attached hydrogen (secondary N) is 1. The van der Waals surface area contributed by atoms with Crippen molar-refractivity contribution in [2.24, 2.45) is 5.92 Å². The number of carbonyl (C=O) groups excluding carboxylic acids is 3. The summed E-state index contributed by atoms with van der Waals surface area (Å²) in [6, 6.07) is 12.0. The van der Waals surface area contributed by atoms with Gasteiger partial charge in [0.05, 0.1) is 12.5 Å². The molecule has 31 heavy (non-hydrogen) atoms. The second kappa shape index (κ2) is 8.53. The van der Waals surface area contributed by atoms with E-state index in [-0.39, 0.29) is 30.7 Å². The molecule has 6 nitrogen and oxygen atoms in total. The molecule has 1 aliphatic carbocycles. The molecule has 1 atom stereocenters. The van der Waals surface area contributed by atoms with Gasteiger partial charge in [-0.1, -0.05) is 24.3 Å². The molecule has 2 aromatic rings. The first-order valence-electron chi connectivity index (χ1n) is 10.9. The van der Waals surface area contributed by atoms with E-state index in [9.17, 15) is 14.4 Å². The standard InChI is InChI=1S/C25H29N3O3/c1-16-6-4-7-17(2)24(16)26-22(29)15-27(3)25(31)20-13-23(30)28(14-20)21-11-10-18-8-5-9-19(18)12-21/h4,6-7,10-12,20H,5,8-9,13-15H2,1-3H3,(H,26,29). The summed E-state index contributed by atoms with van der Waals surface area (Å²) in [5.41, 5.74) is 6.28. The highest BCUT2D eigenvalue weighted by molar-refractivity contribution is 6.01. The molecule has 1 aliphatic heterocycles. The van der Waals surface area contributed by atoms with Crippen molar-refractivity contribution in [1.82, 2.24) is 4.90 Å². The zero-order valence-electron chi connectivity index (χ0n) is 18.4. The van der Waals surface area contributed by atoms with Gasteiger partial charge in [-0.05, 0) is 67.5 Å². The van der Waals surface area contributed by atoms with Gasteiger partial charge in [-0.3, -0.25) is 14.4 Å². The van der Waals surface area contributed by atoms with Gasteiger partial charge in [-0.2, -0.15) is 0 Å². The lowest BCUT2D eigenvalue weighted by Gasteiger charge is -2.22. The molecule has 1 fully saturated rings. The van der Waals surface area contributed by atoms with Crippen molar-refractivity contribution in [3.05, 3.63) is 58.7 Å². The Morgan fingerprint density at radius 2 is 1.81 bits per heavy atom. The maximum absolute atomic E-state index is 12.9. The van der Waals surface area contributed by atoms with Gasteiger partial charge in [0.1, 0.15) is 0 Å². The number of nitrogens with zero attached hydrogens (tertiary/aromatic N) is 2. The van der Waals surface area contributed by atoms with Crippen LogP contribution in [0.1, 0.15) is 35.1 Å². The molecular formula is C25H29N3O3. The maximum Gasteiger partial charge on any atom is 0.243 e. The zero-order valence-corrected chi connectivity index (χ0v) is 18.4. The SMILES string of the molecule is Cc1cccc(C)c1NC(=O)CN(C)C(=O)C1CC(=O)N(c2ccc3c(c2)CCC3)C1. The van der Waals surface area contributed by atoms with E-state index in [2.05, 4.69) is 17.4 Å². The smallest absolute Gasteiger partial charge is 0.243 e. The van der Waals surface area contributed by atoms with Crippen LogP contribution in [0.15, 0.2) is 36.4 Å². The molecular weight excluding hydrogens is 390 g/mol. The van der Waals surface area contributed by atoms with Crippen LogP contribution in [0, 0.1) is 19.8 Å². The summed E-state index contributed by atoms with van der Waals surface area (Å²) in [7, 11) is 1.62. The molecule has 4 rings (SSSR count). The van der Waals surface area contributed by atoms with Crippen molar-refractivity contribution in [3.63, 3.8) is 0 Å². The number of carbonyl (C=O) groups is 3. The molecule has 3 amide bonds. The van der Waals surface area contributed by atoms with E-state index in [1.807, 2.05) is 38.1 Å². The van der Waals surface area contributed by atoms with Gasteiger partial charge in [0.25, 0.3) is 0 Å². The average Bonchev–Trinajstić information content (AvgIpc) is 3.36. The van der Waals surface area contributed by atoms with Crippen LogP contribution in [0.5, 0.6) is 0 Å². The number of benzene rings is 2. The molecule has 6 heteroatoms. The molecule has 162 valence electrons. The van der Waals surface area contributed by atoms with Crippen molar-refractivity contribution in [2.45, 2.75) is 39.5 Å². The Kier molecular flexibility index (Phi) is 5.81. The number of rotatable bonds is 5. The van der Waals surface area contributed by atoms with Gasteiger partial charge in [-0.25, -0.2) is 0 Å². The molecule has 1 unspecified atom stereocenters. The molecule has 0 bridgehead atoms. The molecule has 1 saturated heterocycles. The third kappa shape index (κ3) is 4.33. The van der Waals surface area contributed by atoms with E-state index in [0.29, 0.717) is 6.54 Å². The molecule has 1 heterocycles. The van der Waals surface area contributed by atoms with Crippen LogP contribution in [0.4, 0.5) is 11.4 Å². The summed E-state index contributed by atoms with van der Waals surface area (Å²) >= 11 is 0. The molecule has 2 aromatic carbocycles. The number of aryl methyl sites for hydroxylation is 4. The minimum Gasteiger partial charge on any atom is -0.336 e. The van der Waals surface area contributed by atoms with Crippen LogP contribution in [0.3, 0.4) is 0 Å². The zero-order chi connectivity index (χ0) is 22.1. The van der Waals surface area contributed by atoms with Crippen molar-refractivity contribution >= 4 is 29.1 Å². The molecule has 1 N–H and O–H groups in total. The number of amides is 3.